The molecule has 1 fully saturated rings. The van der Waals surface area contributed by atoms with Crippen LogP contribution in [0.2, 0.25) is 0 Å². The Kier molecular flexibility index (Phi) is 6.95. The lowest BCUT2D eigenvalue weighted by molar-refractivity contribution is -0.134. The fourth-order valence-electron chi connectivity index (χ4n) is 2.76. The lowest BCUT2D eigenvalue weighted by atomic mass is 9.91. The molecule has 1 aromatic heterocycles. The molecular formula is C16H27N3O3S. The molecular weight excluding hydrogens is 314 g/mol. The first-order valence-corrected chi connectivity index (χ1v) is 9.05. The molecule has 0 aromatic carbocycles. The Bertz CT molecular complexity index is 503. The monoisotopic (exact) mass is 341 g/mol. The Labute approximate surface area is 142 Å². The molecule has 0 radical (unpaired) electrons. The number of hydrogen-bond acceptors (Lipinski definition) is 6. The number of nitrogens with zero attached hydrogens (tertiary/aromatic N) is 2. The van der Waals surface area contributed by atoms with E-state index in [1.807, 2.05) is 19.2 Å². The molecule has 2 N–H and O–H groups in total. The Morgan fingerprint density at radius 3 is 2.91 bits per heavy atom. The minimum absolute atomic E-state index is 0.00995. The number of aromatic nitrogens is 1. The third kappa shape index (κ3) is 4.97. The van der Waals surface area contributed by atoms with Crippen LogP contribution in [0.4, 0.5) is 0 Å². The summed E-state index contributed by atoms with van der Waals surface area (Å²) in [4.78, 5) is 18.7. The summed E-state index contributed by atoms with van der Waals surface area (Å²) < 4.78 is 10.9. The minimum Gasteiger partial charge on any atom is -0.381 e. The number of likely N-dealkylation sites (N-methyl/N-ethyl adjacent to an activating group) is 1. The zero-order chi connectivity index (χ0) is 16.8. The molecule has 130 valence electrons. The second-order valence-electron chi connectivity index (χ2n) is 5.94. The van der Waals surface area contributed by atoms with Gasteiger partial charge in [-0.1, -0.05) is 0 Å². The van der Waals surface area contributed by atoms with Gasteiger partial charge >= 0.3 is 0 Å². The van der Waals surface area contributed by atoms with Crippen molar-refractivity contribution in [2.45, 2.75) is 45.4 Å². The van der Waals surface area contributed by atoms with Gasteiger partial charge in [0.05, 0.1) is 18.3 Å². The number of amides is 1. The zero-order valence-corrected chi connectivity index (χ0v) is 15.0. The maximum Gasteiger partial charge on any atom is 0.239 e. The quantitative estimate of drug-likeness (QED) is 0.820. The Morgan fingerprint density at radius 1 is 1.57 bits per heavy atom. The maximum absolute atomic E-state index is 12.5. The normalized spacial score (nSPS) is 18.6. The van der Waals surface area contributed by atoms with Gasteiger partial charge in [-0.15, -0.1) is 11.3 Å². The van der Waals surface area contributed by atoms with Crippen molar-refractivity contribution in [1.29, 1.82) is 0 Å². The molecule has 1 amide bonds. The molecule has 0 spiro atoms. The highest BCUT2D eigenvalue weighted by molar-refractivity contribution is 7.09. The number of thiazole rings is 1. The van der Waals surface area contributed by atoms with Crippen molar-refractivity contribution < 1.29 is 14.3 Å². The summed E-state index contributed by atoms with van der Waals surface area (Å²) in [5.74, 6) is 0.187. The Morgan fingerprint density at radius 2 is 2.26 bits per heavy atom. The molecule has 23 heavy (non-hydrogen) atoms. The number of nitrogens with two attached hydrogens (primary N) is 1. The SMILES string of the molecule is CCOC(C)c1nc(CN(C)C(=O)C(N)C2CCOCC2)cs1. The van der Waals surface area contributed by atoms with Gasteiger partial charge in [0.15, 0.2) is 0 Å². The van der Waals surface area contributed by atoms with Gasteiger partial charge in [-0.05, 0) is 32.6 Å². The van der Waals surface area contributed by atoms with E-state index >= 15 is 0 Å². The van der Waals surface area contributed by atoms with E-state index in [-0.39, 0.29) is 17.9 Å². The van der Waals surface area contributed by atoms with E-state index in [4.69, 9.17) is 15.2 Å². The van der Waals surface area contributed by atoms with Crippen molar-refractivity contribution >= 4 is 17.2 Å². The summed E-state index contributed by atoms with van der Waals surface area (Å²) in [6.07, 6.45) is 1.70. The molecule has 1 aliphatic rings. The van der Waals surface area contributed by atoms with Gasteiger partial charge in [0.2, 0.25) is 5.91 Å². The zero-order valence-electron chi connectivity index (χ0n) is 14.2. The Balaban J connectivity index is 1.90. The molecule has 2 heterocycles. The maximum atomic E-state index is 12.5. The van der Waals surface area contributed by atoms with Crippen LogP contribution in [-0.2, 0) is 20.8 Å². The summed E-state index contributed by atoms with van der Waals surface area (Å²) in [6, 6.07) is -0.454. The van der Waals surface area contributed by atoms with Gasteiger partial charge in [-0.25, -0.2) is 4.98 Å². The molecule has 2 rings (SSSR count). The fraction of sp³-hybridized carbons (Fsp3) is 0.750. The molecule has 0 saturated carbocycles. The highest BCUT2D eigenvalue weighted by Crippen LogP contribution is 2.22. The van der Waals surface area contributed by atoms with Crippen molar-refractivity contribution in [3.05, 3.63) is 16.1 Å². The lowest BCUT2D eigenvalue weighted by Crippen LogP contribution is -2.47. The molecule has 1 aliphatic heterocycles. The van der Waals surface area contributed by atoms with Gasteiger partial charge < -0.3 is 20.1 Å². The number of carbonyl (C=O) groups excluding carboxylic acids is 1. The summed E-state index contributed by atoms with van der Waals surface area (Å²) >= 11 is 1.57. The van der Waals surface area contributed by atoms with Crippen molar-refractivity contribution in [2.24, 2.45) is 11.7 Å². The Hall–Kier alpha value is -1.02. The first-order chi connectivity index (χ1) is 11.0. The van der Waals surface area contributed by atoms with Gasteiger partial charge in [0, 0.05) is 32.2 Å². The van der Waals surface area contributed by atoms with Crippen LogP contribution in [0.15, 0.2) is 5.38 Å². The van der Waals surface area contributed by atoms with Crippen LogP contribution in [0.25, 0.3) is 0 Å². The van der Waals surface area contributed by atoms with Crippen LogP contribution in [0.1, 0.15) is 43.5 Å². The molecule has 1 saturated heterocycles. The lowest BCUT2D eigenvalue weighted by Gasteiger charge is -2.29. The number of carbonyl (C=O) groups is 1. The van der Waals surface area contributed by atoms with E-state index < -0.39 is 6.04 Å². The number of ether oxygens (including phenoxy) is 2. The van der Waals surface area contributed by atoms with Gasteiger partial charge in [-0.3, -0.25) is 4.79 Å². The van der Waals surface area contributed by atoms with Crippen molar-refractivity contribution in [3.63, 3.8) is 0 Å². The van der Waals surface area contributed by atoms with Crippen LogP contribution in [-0.4, -0.2) is 48.7 Å². The van der Waals surface area contributed by atoms with Crippen LogP contribution in [0.3, 0.4) is 0 Å². The van der Waals surface area contributed by atoms with E-state index in [2.05, 4.69) is 4.98 Å². The van der Waals surface area contributed by atoms with Gasteiger partial charge in [0.25, 0.3) is 0 Å². The summed E-state index contributed by atoms with van der Waals surface area (Å²) in [6.45, 7) is 6.48. The molecule has 6 nitrogen and oxygen atoms in total. The van der Waals surface area contributed by atoms with Gasteiger partial charge in [-0.2, -0.15) is 0 Å². The average Bonchev–Trinajstić information content (AvgIpc) is 3.03. The van der Waals surface area contributed by atoms with E-state index in [1.54, 1.807) is 23.3 Å². The first kappa shape index (κ1) is 18.3. The van der Waals surface area contributed by atoms with Crippen molar-refractivity contribution in [1.82, 2.24) is 9.88 Å². The molecule has 2 atom stereocenters. The second-order valence-corrected chi connectivity index (χ2v) is 6.83. The summed E-state index contributed by atoms with van der Waals surface area (Å²) in [5, 5.41) is 2.92. The van der Waals surface area contributed by atoms with Crippen molar-refractivity contribution in [2.75, 3.05) is 26.9 Å². The highest BCUT2D eigenvalue weighted by Gasteiger charge is 2.28. The van der Waals surface area contributed by atoms with E-state index in [1.165, 1.54) is 0 Å². The van der Waals surface area contributed by atoms with Crippen LogP contribution in [0.5, 0.6) is 0 Å². The molecule has 7 heteroatoms. The van der Waals surface area contributed by atoms with E-state index in [0.717, 1.165) is 23.5 Å². The predicted molar refractivity (Wildman–Crippen MR) is 90.1 cm³/mol. The summed E-state index contributed by atoms with van der Waals surface area (Å²) in [5.41, 5.74) is 7.04. The number of hydrogen-bond donors (Lipinski definition) is 1. The molecule has 0 bridgehead atoms. The topological polar surface area (TPSA) is 77.7 Å². The third-order valence-corrected chi connectivity index (χ3v) is 5.22. The molecule has 2 unspecified atom stereocenters. The average molecular weight is 341 g/mol. The fourth-order valence-corrected chi connectivity index (χ4v) is 3.57. The first-order valence-electron chi connectivity index (χ1n) is 8.17. The second kappa shape index (κ2) is 8.73. The summed E-state index contributed by atoms with van der Waals surface area (Å²) in [7, 11) is 1.78. The van der Waals surface area contributed by atoms with E-state index in [9.17, 15) is 4.79 Å². The highest BCUT2D eigenvalue weighted by atomic mass is 32.1. The smallest absolute Gasteiger partial charge is 0.239 e. The van der Waals surface area contributed by atoms with Gasteiger partial charge in [0.1, 0.15) is 11.1 Å². The minimum atomic E-state index is -0.454. The van der Waals surface area contributed by atoms with Crippen molar-refractivity contribution in [3.8, 4) is 0 Å². The standard InChI is InChI=1S/C16H27N3O3S/c1-4-22-11(2)15-18-13(10-23-15)9-19(3)16(20)14(17)12-5-7-21-8-6-12/h10-12,14H,4-9,17H2,1-3H3. The largest absolute Gasteiger partial charge is 0.381 e. The molecule has 0 aliphatic carbocycles. The predicted octanol–water partition coefficient (Wildman–Crippen LogP) is 1.95. The third-order valence-electron chi connectivity index (χ3n) is 4.17. The van der Waals surface area contributed by atoms with Crippen LogP contribution < -0.4 is 5.73 Å². The van der Waals surface area contributed by atoms with Crippen LogP contribution in [0, 0.1) is 5.92 Å². The van der Waals surface area contributed by atoms with E-state index in [0.29, 0.717) is 26.4 Å². The number of rotatable bonds is 7. The van der Waals surface area contributed by atoms with Crippen LogP contribution >= 0.6 is 11.3 Å². The molecule has 1 aromatic rings.